The Morgan fingerprint density at radius 1 is 1.35 bits per heavy atom. The number of nitrogens with one attached hydrogen (secondary N) is 1. The van der Waals surface area contributed by atoms with E-state index in [4.69, 9.17) is 22.1 Å². The normalized spacial score (nSPS) is 19.5. The molecule has 3 N–H and O–H groups in total. The lowest BCUT2D eigenvalue weighted by Crippen LogP contribution is -2.28. The van der Waals surface area contributed by atoms with Crippen molar-refractivity contribution in [3.63, 3.8) is 0 Å². The number of amidine groups is 1. The van der Waals surface area contributed by atoms with Gasteiger partial charge in [-0.1, -0.05) is 35.5 Å². The highest BCUT2D eigenvalue weighted by Gasteiger charge is 2.29. The van der Waals surface area contributed by atoms with E-state index in [1.165, 1.54) is 0 Å². The number of ether oxygens (including phenoxy) is 1. The van der Waals surface area contributed by atoms with Gasteiger partial charge in [0.05, 0.1) is 5.54 Å². The van der Waals surface area contributed by atoms with Gasteiger partial charge in [-0.3, -0.25) is 9.79 Å². The Morgan fingerprint density at radius 2 is 2.12 bits per heavy atom. The fourth-order valence-corrected chi connectivity index (χ4v) is 3.80. The number of hydrogen-bond donors (Lipinski definition) is 2. The fraction of sp³-hybridized carbons (Fsp3) is 0.263. The lowest BCUT2D eigenvalue weighted by molar-refractivity contribution is -0.118. The molecule has 3 rings (SSSR count). The van der Waals surface area contributed by atoms with E-state index in [-0.39, 0.29) is 18.1 Å². The molecule has 1 atom stereocenters. The highest BCUT2D eigenvalue weighted by Crippen LogP contribution is 2.36. The Kier molecular flexibility index (Phi) is 5.74. The first kappa shape index (κ1) is 18.6. The predicted molar refractivity (Wildman–Crippen MR) is 108 cm³/mol. The molecular formula is C19H20ClN3O2S. The van der Waals surface area contributed by atoms with Gasteiger partial charge in [-0.05, 0) is 55.3 Å². The van der Waals surface area contributed by atoms with E-state index in [9.17, 15) is 4.79 Å². The van der Waals surface area contributed by atoms with Gasteiger partial charge in [-0.25, -0.2) is 0 Å². The van der Waals surface area contributed by atoms with Crippen LogP contribution in [0.4, 0.5) is 5.69 Å². The summed E-state index contributed by atoms with van der Waals surface area (Å²) in [4.78, 5) is 16.6. The topological polar surface area (TPSA) is 76.7 Å². The van der Waals surface area contributed by atoms with Gasteiger partial charge in [-0.15, -0.1) is 0 Å². The number of aliphatic imine (C=N–C) groups is 1. The minimum Gasteiger partial charge on any atom is -0.484 e. The Bertz CT molecular complexity index is 826. The van der Waals surface area contributed by atoms with Gasteiger partial charge in [0.1, 0.15) is 5.75 Å². The Balaban J connectivity index is 1.63. The van der Waals surface area contributed by atoms with Gasteiger partial charge in [-0.2, -0.15) is 0 Å². The van der Waals surface area contributed by atoms with Crippen molar-refractivity contribution in [3.8, 4) is 5.75 Å². The maximum absolute atomic E-state index is 12.1. The van der Waals surface area contributed by atoms with Crippen LogP contribution in [0.25, 0.3) is 0 Å². The number of carbonyl (C=O) groups excluding carboxylic acids is 1. The number of halogens is 1. The second kappa shape index (κ2) is 8.01. The number of nitrogens with two attached hydrogens (primary N) is 1. The monoisotopic (exact) mass is 389 g/mol. The van der Waals surface area contributed by atoms with Crippen molar-refractivity contribution in [1.29, 1.82) is 0 Å². The van der Waals surface area contributed by atoms with Crippen molar-refractivity contribution in [2.75, 3.05) is 17.7 Å². The van der Waals surface area contributed by atoms with Crippen LogP contribution in [-0.2, 0) is 10.3 Å². The summed E-state index contributed by atoms with van der Waals surface area (Å²) in [5.41, 5.74) is 7.23. The van der Waals surface area contributed by atoms with Crippen LogP contribution in [0.1, 0.15) is 18.9 Å². The number of benzene rings is 2. The highest BCUT2D eigenvalue weighted by atomic mass is 35.5. The summed E-state index contributed by atoms with van der Waals surface area (Å²) in [6.45, 7) is 1.98. The molecule has 0 saturated carbocycles. The molecule has 1 unspecified atom stereocenters. The van der Waals surface area contributed by atoms with Crippen molar-refractivity contribution in [1.82, 2.24) is 0 Å². The molecule has 0 bridgehead atoms. The van der Waals surface area contributed by atoms with Crippen LogP contribution in [0, 0.1) is 0 Å². The van der Waals surface area contributed by atoms with Gasteiger partial charge in [0, 0.05) is 16.5 Å². The first-order valence-corrected chi connectivity index (χ1v) is 9.58. The molecule has 2 aromatic carbocycles. The quantitative estimate of drug-likeness (QED) is 0.809. The molecule has 2 aromatic rings. The second-order valence-corrected chi connectivity index (χ2v) is 7.75. The van der Waals surface area contributed by atoms with Crippen LogP contribution in [0.5, 0.6) is 5.75 Å². The minimum atomic E-state index is -0.361. The number of anilines is 1. The maximum atomic E-state index is 12.1. The fourth-order valence-electron chi connectivity index (χ4n) is 2.69. The average molecular weight is 390 g/mol. The summed E-state index contributed by atoms with van der Waals surface area (Å²) in [6.07, 6.45) is 0.902. The number of nitrogens with zero attached hydrogens (tertiary/aromatic N) is 1. The Hall–Kier alpha value is -2.18. The lowest BCUT2D eigenvalue weighted by atomic mass is 9.90. The van der Waals surface area contributed by atoms with Crippen LogP contribution in [0.2, 0.25) is 5.02 Å². The van der Waals surface area contributed by atoms with Gasteiger partial charge in [0.15, 0.2) is 11.8 Å². The summed E-state index contributed by atoms with van der Waals surface area (Å²) in [7, 11) is 0. The maximum Gasteiger partial charge on any atom is 0.262 e. The largest absolute Gasteiger partial charge is 0.484 e. The number of carbonyl (C=O) groups is 1. The second-order valence-electron chi connectivity index (χ2n) is 6.19. The van der Waals surface area contributed by atoms with E-state index >= 15 is 0 Å². The van der Waals surface area contributed by atoms with Crippen LogP contribution in [-0.4, -0.2) is 23.4 Å². The zero-order valence-electron chi connectivity index (χ0n) is 14.4. The molecule has 0 aliphatic carbocycles. The molecule has 1 heterocycles. The van der Waals surface area contributed by atoms with Crippen LogP contribution in [0.15, 0.2) is 53.5 Å². The molecule has 0 radical (unpaired) electrons. The molecule has 136 valence electrons. The highest BCUT2D eigenvalue weighted by molar-refractivity contribution is 8.13. The van der Waals surface area contributed by atoms with Gasteiger partial charge in [0.25, 0.3) is 5.91 Å². The van der Waals surface area contributed by atoms with E-state index in [0.29, 0.717) is 21.6 Å². The molecule has 0 fully saturated rings. The van der Waals surface area contributed by atoms with Crippen molar-refractivity contribution >= 4 is 40.1 Å². The molecule has 0 saturated heterocycles. The summed E-state index contributed by atoms with van der Waals surface area (Å²) in [5, 5.41) is 3.99. The van der Waals surface area contributed by atoms with E-state index in [1.807, 2.05) is 24.3 Å². The van der Waals surface area contributed by atoms with Gasteiger partial charge < -0.3 is 15.8 Å². The smallest absolute Gasteiger partial charge is 0.262 e. The Morgan fingerprint density at radius 3 is 2.85 bits per heavy atom. The third-order valence-corrected chi connectivity index (χ3v) is 5.20. The van der Waals surface area contributed by atoms with Crippen molar-refractivity contribution < 1.29 is 9.53 Å². The first-order valence-electron chi connectivity index (χ1n) is 8.21. The number of amides is 1. The molecule has 0 aromatic heterocycles. The number of thioether (sulfide) groups is 1. The number of hydrogen-bond acceptors (Lipinski definition) is 5. The molecule has 1 amide bonds. The van der Waals surface area contributed by atoms with Gasteiger partial charge in [0.2, 0.25) is 0 Å². The number of rotatable bonds is 5. The van der Waals surface area contributed by atoms with Crippen LogP contribution in [0.3, 0.4) is 0 Å². The molecule has 1 aliphatic rings. The van der Waals surface area contributed by atoms with Crippen molar-refractivity contribution in [2.45, 2.75) is 18.9 Å². The van der Waals surface area contributed by atoms with Crippen LogP contribution < -0.4 is 15.8 Å². The third-order valence-electron chi connectivity index (χ3n) is 4.15. The molecule has 7 heteroatoms. The van der Waals surface area contributed by atoms with E-state index < -0.39 is 0 Å². The van der Waals surface area contributed by atoms with E-state index in [2.05, 4.69) is 17.2 Å². The third kappa shape index (κ3) is 4.71. The van der Waals surface area contributed by atoms with E-state index in [1.54, 1.807) is 36.0 Å². The summed E-state index contributed by atoms with van der Waals surface area (Å²) >= 11 is 7.40. The van der Waals surface area contributed by atoms with Gasteiger partial charge >= 0.3 is 0 Å². The average Bonchev–Trinajstić information content (AvgIpc) is 2.62. The standard InChI is InChI=1S/C19H20ClN3O2S/c1-19(9-10-26-18(21)23-19)13-3-2-4-16(11-13)25-12-17(24)22-15-7-5-14(20)6-8-15/h2-8,11H,9-10,12H2,1H3,(H2,21,23)(H,22,24). The predicted octanol–water partition coefficient (Wildman–Crippen LogP) is 4.02. The summed E-state index contributed by atoms with van der Waals surface area (Å²) in [5.74, 6) is 1.32. The molecular weight excluding hydrogens is 370 g/mol. The lowest BCUT2D eigenvalue weighted by Gasteiger charge is -2.30. The molecule has 26 heavy (non-hydrogen) atoms. The zero-order chi connectivity index (χ0) is 18.6. The molecule has 0 spiro atoms. The van der Waals surface area contributed by atoms with Crippen LogP contribution >= 0.6 is 23.4 Å². The first-order chi connectivity index (χ1) is 12.4. The van der Waals surface area contributed by atoms with Crippen molar-refractivity contribution in [2.24, 2.45) is 10.7 Å². The van der Waals surface area contributed by atoms with Crippen molar-refractivity contribution in [3.05, 3.63) is 59.1 Å². The molecule has 1 aliphatic heterocycles. The Labute approximate surface area is 162 Å². The zero-order valence-corrected chi connectivity index (χ0v) is 15.9. The van der Waals surface area contributed by atoms with E-state index in [0.717, 1.165) is 17.7 Å². The molecule has 5 nitrogen and oxygen atoms in total. The summed E-state index contributed by atoms with van der Waals surface area (Å²) < 4.78 is 5.64. The minimum absolute atomic E-state index is 0.0793. The SMILES string of the molecule is CC1(c2cccc(OCC(=O)Nc3ccc(Cl)cc3)c2)CCSC(N)=N1. The summed E-state index contributed by atoms with van der Waals surface area (Å²) in [6, 6.07) is 14.6.